The zero-order valence-corrected chi connectivity index (χ0v) is 12.3. The number of ether oxygens (including phenoxy) is 1. The molecular weight excluding hydrogens is 280 g/mol. The van der Waals surface area contributed by atoms with Gasteiger partial charge in [0.1, 0.15) is 0 Å². The van der Waals surface area contributed by atoms with Crippen molar-refractivity contribution in [1.29, 1.82) is 0 Å². The molecule has 0 aliphatic rings. The molecule has 0 bridgehead atoms. The highest BCUT2D eigenvalue weighted by Gasteiger charge is 2.16. The van der Waals surface area contributed by atoms with E-state index >= 15 is 0 Å². The molecule has 1 heterocycles. The highest BCUT2D eigenvalue weighted by Crippen LogP contribution is 2.26. The first-order valence-corrected chi connectivity index (χ1v) is 7.33. The first-order valence-electron chi connectivity index (χ1n) is 6.45. The Bertz CT molecular complexity index is 557. The highest BCUT2D eigenvalue weighted by molar-refractivity contribution is 7.10. The van der Waals surface area contributed by atoms with Crippen LogP contribution in [0, 0.1) is 11.6 Å². The van der Waals surface area contributed by atoms with Crippen LogP contribution in [0.15, 0.2) is 29.6 Å². The maximum atomic E-state index is 14.0. The van der Waals surface area contributed by atoms with Crippen molar-refractivity contribution in [3.8, 4) is 5.75 Å². The Balaban J connectivity index is 2.11. The molecular formula is C15H17F2NOS. The summed E-state index contributed by atoms with van der Waals surface area (Å²) < 4.78 is 32.1. The van der Waals surface area contributed by atoms with Gasteiger partial charge >= 0.3 is 0 Å². The first-order chi connectivity index (χ1) is 9.67. The third-order valence-corrected chi connectivity index (χ3v) is 4.15. The van der Waals surface area contributed by atoms with Crippen LogP contribution in [-0.2, 0) is 6.54 Å². The number of methoxy groups -OCH3 is 1. The van der Waals surface area contributed by atoms with E-state index in [-0.39, 0.29) is 11.8 Å². The third-order valence-electron chi connectivity index (χ3n) is 3.17. The van der Waals surface area contributed by atoms with Crippen LogP contribution in [-0.4, -0.2) is 7.11 Å². The van der Waals surface area contributed by atoms with Crippen LogP contribution in [0.1, 0.15) is 29.8 Å². The molecule has 2 aromatic rings. The van der Waals surface area contributed by atoms with Crippen LogP contribution >= 0.6 is 11.3 Å². The lowest BCUT2D eigenvalue weighted by molar-refractivity contribution is 0.356. The van der Waals surface area contributed by atoms with Gasteiger partial charge in [0.05, 0.1) is 7.11 Å². The SMILES string of the molecule is CCC(NCc1ccc(F)c(OC)c1F)c1cccs1. The Morgan fingerprint density at radius 1 is 1.30 bits per heavy atom. The molecule has 1 aromatic carbocycles. The van der Waals surface area contributed by atoms with Gasteiger partial charge in [0, 0.05) is 23.0 Å². The van der Waals surface area contributed by atoms with Crippen LogP contribution < -0.4 is 10.1 Å². The summed E-state index contributed by atoms with van der Waals surface area (Å²) in [6.45, 7) is 2.40. The summed E-state index contributed by atoms with van der Waals surface area (Å²) in [6.07, 6.45) is 0.903. The van der Waals surface area contributed by atoms with Crippen molar-refractivity contribution in [3.05, 3.63) is 51.7 Å². The van der Waals surface area contributed by atoms with Crippen molar-refractivity contribution in [2.45, 2.75) is 25.9 Å². The number of hydrogen-bond donors (Lipinski definition) is 1. The van der Waals surface area contributed by atoms with Gasteiger partial charge in [-0.1, -0.05) is 19.1 Å². The number of nitrogens with one attached hydrogen (secondary N) is 1. The molecule has 0 saturated carbocycles. The van der Waals surface area contributed by atoms with Crippen molar-refractivity contribution >= 4 is 11.3 Å². The fourth-order valence-electron chi connectivity index (χ4n) is 2.07. The second kappa shape index (κ2) is 6.81. The van der Waals surface area contributed by atoms with E-state index in [1.807, 2.05) is 17.5 Å². The lowest BCUT2D eigenvalue weighted by atomic mass is 10.1. The van der Waals surface area contributed by atoms with Gasteiger partial charge in [-0.3, -0.25) is 0 Å². The number of benzene rings is 1. The summed E-state index contributed by atoms with van der Waals surface area (Å²) in [7, 11) is 1.26. The van der Waals surface area contributed by atoms with E-state index in [9.17, 15) is 8.78 Å². The lowest BCUT2D eigenvalue weighted by Gasteiger charge is -2.16. The number of rotatable bonds is 6. The second-order valence-corrected chi connectivity index (χ2v) is 5.39. The largest absolute Gasteiger partial charge is 0.491 e. The number of halogens is 2. The molecule has 0 fully saturated rings. The fourth-order valence-corrected chi connectivity index (χ4v) is 2.95. The summed E-state index contributed by atoms with van der Waals surface area (Å²) in [4.78, 5) is 1.21. The Labute approximate surface area is 121 Å². The molecule has 0 amide bonds. The Morgan fingerprint density at radius 2 is 2.10 bits per heavy atom. The molecule has 20 heavy (non-hydrogen) atoms. The van der Waals surface area contributed by atoms with Gasteiger partial charge in [-0.2, -0.15) is 0 Å². The van der Waals surface area contributed by atoms with Gasteiger partial charge in [0.25, 0.3) is 0 Å². The molecule has 2 nitrogen and oxygen atoms in total. The smallest absolute Gasteiger partial charge is 0.190 e. The summed E-state index contributed by atoms with van der Waals surface area (Å²) in [5, 5.41) is 5.31. The van der Waals surface area contributed by atoms with Crippen LogP contribution in [0.2, 0.25) is 0 Å². The molecule has 0 spiro atoms. The van der Waals surface area contributed by atoms with Gasteiger partial charge in [-0.05, 0) is 23.9 Å². The second-order valence-electron chi connectivity index (χ2n) is 4.41. The van der Waals surface area contributed by atoms with Crippen molar-refractivity contribution in [2.24, 2.45) is 0 Å². The summed E-state index contributed by atoms with van der Waals surface area (Å²) in [5.74, 6) is -1.64. The maximum absolute atomic E-state index is 14.0. The molecule has 1 N–H and O–H groups in total. The van der Waals surface area contributed by atoms with Gasteiger partial charge < -0.3 is 10.1 Å². The quantitative estimate of drug-likeness (QED) is 0.859. The van der Waals surface area contributed by atoms with Crippen molar-refractivity contribution in [2.75, 3.05) is 7.11 Å². The normalized spacial score (nSPS) is 12.4. The molecule has 5 heteroatoms. The predicted molar refractivity (Wildman–Crippen MR) is 77.1 cm³/mol. The van der Waals surface area contributed by atoms with E-state index in [4.69, 9.17) is 4.74 Å². The molecule has 0 aliphatic carbocycles. The van der Waals surface area contributed by atoms with E-state index in [0.717, 1.165) is 6.42 Å². The minimum Gasteiger partial charge on any atom is -0.491 e. The molecule has 0 aliphatic heterocycles. The lowest BCUT2D eigenvalue weighted by Crippen LogP contribution is -2.20. The average Bonchev–Trinajstić information content (AvgIpc) is 2.96. The molecule has 0 radical (unpaired) electrons. The minimum absolute atomic E-state index is 0.172. The average molecular weight is 297 g/mol. The van der Waals surface area contributed by atoms with E-state index in [1.165, 1.54) is 24.1 Å². The maximum Gasteiger partial charge on any atom is 0.190 e. The first kappa shape index (κ1) is 14.9. The molecule has 108 valence electrons. The molecule has 0 saturated heterocycles. The Morgan fingerprint density at radius 3 is 2.70 bits per heavy atom. The van der Waals surface area contributed by atoms with Crippen molar-refractivity contribution in [1.82, 2.24) is 5.32 Å². The zero-order valence-electron chi connectivity index (χ0n) is 11.5. The minimum atomic E-state index is -0.681. The molecule has 1 aromatic heterocycles. The summed E-state index contributed by atoms with van der Waals surface area (Å²) in [6, 6.07) is 6.89. The highest BCUT2D eigenvalue weighted by atomic mass is 32.1. The molecule has 1 atom stereocenters. The van der Waals surface area contributed by atoms with Gasteiger partial charge in [-0.15, -0.1) is 11.3 Å². The Hall–Kier alpha value is -1.46. The van der Waals surface area contributed by atoms with Gasteiger partial charge in [0.2, 0.25) is 0 Å². The topological polar surface area (TPSA) is 21.3 Å². The van der Waals surface area contributed by atoms with Crippen LogP contribution in [0.4, 0.5) is 8.78 Å². The Kier molecular flexibility index (Phi) is 5.09. The van der Waals surface area contributed by atoms with Gasteiger partial charge in [0.15, 0.2) is 17.4 Å². The van der Waals surface area contributed by atoms with Crippen molar-refractivity contribution < 1.29 is 13.5 Å². The predicted octanol–water partition coefficient (Wildman–Crippen LogP) is 4.28. The summed E-state index contributed by atoms with van der Waals surface area (Å²) >= 11 is 1.66. The fraction of sp³-hybridized carbons (Fsp3) is 0.333. The van der Waals surface area contributed by atoms with E-state index < -0.39 is 11.6 Å². The number of hydrogen-bond acceptors (Lipinski definition) is 3. The molecule has 1 unspecified atom stereocenters. The zero-order chi connectivity index (χ0) is 14.5. The van der Waals surface area contributed by atoms with E-state index in [1.54, 1.807) is 11.3 Å². The monoisotopic (exact) mass is 297 g/mol. The number of thiophene rings is 1. The summed E-state index contributed by atoms with van der Waals surface area (Å²) in [5.41, 5.74) is 0.401. The van der Waals surface area contributed by atoms with Crippen LogP contribution in [0.3, 0.4) is 0 Å². The third kappa shape index (κ3) is 3.16. The van der Waals surface area contributed by atoms with E-state index in [0.29, 0.717) is 12.1 Å². The van der Waals surface area contributed by atoms with Crippen molar-refractivity contribution in [3.63, 3.8) is 0 Å². The van der Waals surface area contributed by atoms with Crippen LogP contribution in [0.5, 0.6) is 5.75 Å². The standard InChI is InChI=1S/C15H17F2NOS/c1-3-12(13-5-4-8-20-13)18-9-10-6-7-11(16)15(19-2)14(10)17/h4-8,12,18H,3,9H2,1-2H3. The van der Waals surface area contributed by atoms with Gasteiger partial charge in [-0.25, -0.2) is 8.78 Å². The molecule has 2 rings (SSSR count). The van der Waals surface area contributed by atoms with Crippen LogP contribution in [0.25, 0.3) is 0 Å². The van der Waals surface area contributed by atoms with E-state index in [2.05, 4.69) is 12.2 Å².